The molecule has 1 heterocycles. The normalized spacial score (nSPS) is 11.3. The highest BCUT2D eigenvalue weighted by Crippen LogP contribution is 2.33. The van der Waals surface area contributed by atoms with Gasteiger partial charge in [0.05, 0.1) is 21.8 Å². The van der Waals surface area contributed by atoms with E-state index in [0.29, 0.717) is 0 Å². The summed E-state index contributed by atoms with van der Waals surface area (Å²) in [4.78, 5) is 15.3. The number of halogens is 4. The minimum Gasteiger partial charge on any atom is -0.456 e. The van der Waals surface area contributed by atoms with Crippen LogP contribution in [0.2, 0.25) is 10.0 Å². The molecule has 0 N–H and O–H groups in total. The standard InChI is InChI=1S/C16H13Cl2F2NO3/c1-16(2,3)24-15(22)9-5-10(17)13(6-12(9)19)23-8-4-11(18)14(20)21-7-8/h4-7H,1-3H3. The maximum Gasteiger partial charge on any atom is 0.341 e. The number of benzene rings is 1. The van der Waals surface area contributed by atoms with E-state index in [1.165, 1.54) is 6.07 Å². The predicted octanol–water partition coefficient (Wildman–Crippen LogP) is 5.41. The lowest BCUT2D eigenvalue weighted by Crippen LogP contribution is -2.24. The van der Waals surface area contributed by atoms with Crippen molar-refractivity contribution in [3.8, 4) is 11.5 Å². The Balaban J connectivity index is 2.29. The van der Waals surface area contributed by atoms with Gasteiger partial charge in [-0.25, -0.2) is 14.2 Å². The van der Waals surface area contributed by atoms with Crippen LogP contribution in [0.4, 0.5) is 8.78 Å². The molecule has 0 aliphatic carbocycles. The Bertz CT molecular complexity index is 792. The van der Waals surface area contributed by atoms with E-state index in [2.05, 4.69) is 4.98 Å². The van der Waals surface area contributed by atoms with Gasteiger partial charge in [0.2, 0.25) is 5.95 Å². The van der Waals surface area contributed by atoms with Crippen LogP contribution in [0.25, 0.3) is 0 Å². The van der Waals surface area contributed by atoms with Crippen LogP contribution in [0.3, 0.4) is 0 Å². The van der Waals surface area contributed by atoms with Gasteiger partial charge in [-0.2, -0.15) is 4.39 Å². The molecule has 0 amide bonds. The number of hydrogen-bond donors (Lipinski definition) is 0. The first-order valence-corrected chi connectivity index (χ1v) is 7.54. The van der Waals surface area contributed by atoms with Gasteiger partial charge in [0.25, 0.3) is 0 Å². The van der Waals surface area contributed by atoms with Gasteiger partial charge in [0.1, 0.15) is 22.9 Å². The summed E-state index contributed by atoms with van der Waals surface area (Å²) in [5.41, 5.74) is -1.10. The number of ether oxygens (including phenoxy) is 2. The summed E-state index contributed by atoms with van der Waals surface area (Å²) in [6.45, 7) is 4.98. The molecule has 1 aromatic carbocycles. The van der Waals surface area contributed by atoms with Crippen molar-refractivity contribution in [1.82, 2.24) is 4.98 Å². The zero-order valence-corrected chi connectivity index (χ0v) is 14.5. The summed E-state index contributed by atoms with van der Waals surface area (Å²) in [7, 11) is 0. The first-order chi connectivity index (χ1) is 11.1. The molecule has 0 bridgehead atoms. The SMILES string of the molecule is CC(C)(C)OC(=O)c1cc(Cl)c(Oc2cnc(F)c(Cl)c2)cc1F. The molecule has 1 aromatic heterocycles. The monoisotopic (exact) mass is 375 g/mol. The van der Waals surface area contributed by atoms with Gasteiger partial charge >= 0.3 is 5.97 Å². The number of aromatic nitrogens is 1. The van der Waals surface area contributed by atoms with Crippen molar-refractivity contribution in [1.29, 1.82) is 0 Å². The van der Waals surface area contributed by atoms with Crippen LogP contribution in [-0.4, -0.2) is 16.6 Å². The Morgan fingerprint density at radius 1 is 1.12 bits per heavy atom. The maximum absolute atomic E-state index is 14.2. The van der Waals surface area contributed by atoms with Crippen molar-refractivity contribution < 1.29 is 23.0 Å². The quantitative estimate of drug-likeness (QED) is 0.531. The minimum atomic E-state index is -0.871. The Hall–Kier alpha value is -1.92. The van der Waals surface area contributed by atoms with E-state index in [1.54, 1.807) is 20.8 Å². The molecule has 0 unspecified atom stereocenters. The molecule has 0 spiro atoms. The summed E-state index contributed by atoms with van der Waals surface area (Å²) in [5, 5.41) is -0.285. The summed E-state index contributed by atoms with van der Waals surface area (Å²) >= 11 is 11.6. The largest absolute Gasteiger partial charge is 0.456 e. The number of hydrogen-bond acceptors (Lipinski definition) is 4. The predicted molar refractivity (Wildman–Crippen MR) is 85.9 cm³/mol. The number of nitrogens with zero attached hydrogens (tertiary/aromatic N) is 1. The van der Waals surface area contributed by atoms with Gasteiger partial charge < -0.3 is 9.47 Å². The number of rotatable bonds is 3. The molecule has 0 radical (unpaired) electrons. The topological polar surface area (TPSA) is 48.4 Å². The number of carbonyl (C=O) groups excluding carboxylic acids is 1. The molecule has 0 fully saturated rings. The molecule has 2 aromatic rings. The fourth-order valence-corrected chi connectivity index (χ4v) is 2.04. The van der Waals surface area contributed by atoms with E-state index in [1.807, 2.05) is 0 Å². The van der Waals surface area contributed by atoms with Crippen LogP contribution in [-0.2, 0) is 4.74 Å². The fourth-order valence-electron chi connectivity index (χ4n) is 1.68. The summed E-state index contributed by atoms with van der Waals surface area (Å²) < 4.78 is 37.6. The molecule has 24 heavy (non-hydrogen) atoms. The van der Waals surface area contributed by atoms with E-state index >= 15 is 0 Å². The Kier molecular flexibility index (Phi) is 5.30. The van der Waals surface area contributed by atoms with E-state index in [0.717, 1.165) is 18.3 Å². The maximum atomic E-state index is 14.2. The fraction of sp³-hybridized carbons (Fsp3) is 0.250. The van der Waals surface area contributed by atoms with Crippen LogP contribution in [0.5, 0.6) is 11.5 Å². The summed E-state index contributed by atoms with van der Waals surface area (Å²) in [6.07, 6.45) is 1.07. The zero-order valence-electron chi connectivity index (χ0n) is 13.0. The molecule has 2 rings (SSSR count). The Morgan fingerprint density at radius 3 is 2.38 bits per heavy atom. The smallest absolute Gasteiger partial charge is 0.341 e. The lowest BCUT2D eigenvalue weighted by molar-refractivity contribution is 0.00647. The van der Waals surface area contributed by atoms with Crippen molar-refractivity contribution in [3.63, 3.8) is 0 Å². The highest BCUT2D eigenvalue weighted by atomic mass is 35.5. The van der Waals surface area contributed by atoms with Crippen molar-refractivity contribution in [2.24, 2.45) is 0 Å². The molecule has 128 valence electrons. The van der Waals surface area contributed by atoms with Crippen LogP contribution < -0.4 is 4.74 Å². The first-order valence-electron chi connectivity index (χ1n) is 6.78. The zero-order chi connectivity index (χ0) is 18.1. The third-order valence-corrected chi connectivity index (χ3v) is 3.20. The van der Waals surface area contributed by atoms with Gasteiger partial charge in [0.15, 0.2) is 0 Å². The molecule has 0 aliphatic rings. The highest BCUT2D eigenvalue weighted by molar-refractivity contribution is 6.32. The van der Waals surface area contributed by atoms with Gasteiger partial charge in [-0.05, 0) is 26.8 Å². The molecule has 4 nitrogen and oxygen atoms in total. The number of pyridine rings is 1. The third-order valence-electron chi connectivity index (χ3n) is 2.64. The highest BCUT2D eigenvalue weighted by Gasteiger charge is 2.22. The molecule has 0 aliphatic heterocycles. The molecular weight excluding hydrogens is 363 g/mol. The van der Waals surface area contributed by atoms with Gasteiger partial charge in [-0.3, -0.25) is 0 Å². The van der Waals surface area contributed by atoms with Crippen molar-refractivity contribution in [3.05, 3.63) is 51.8 Å². The average molecular weight is 376 g/mol. The van der Waals surface area contributed by atoms with Crippen molar-refractivity contribution in [2.45, 2.75) is 26.4 Å². The van der Waals surface area contributed by atoms with E-state index in [4.69, 9.17) is 32.7 Å². The molecule has 0 saturated heterocycles. The van der Waals surface area contributed by atoms with Crippen LogP contribution in [0.1, 0.15) is 31.1 Å². The third kappa shape index (κ3) is 4.55. The van der Waals surface area contributed by atoms with Crippen LogP contribution >= 0.6 is 23.2 Å². The van der Waals surface area contributed by atoms with Crippen molar-refractivity contribution >= 4 is 29.2 Å². The van der Waals surface area contributed by atoms with Gasteiger partial charge in [-0.1, -0.05) is 23.2 Å². The average Bonchev–Trinajstić information content (AvgIpc) is 2.44. The molecule has 0 atom stereocenters. The second-order valence-corrected chi connectivity index (χ2v) is 6.62. The Morgan fingerprint density at radius 2 is 1.79 bits per heavy atom. The summed E-state index contributed by atoms with van der Waals surface area (Å²) in [5.74, 6) is -2.59. The van der Waals surface area contributed by atoms with Gasteiger partial charge in [0, 0.05) is 12.1 Å². The summed E-state index contributed by atoms with van der Waals surface area (Å²) in [6, 6.07) is 3.19. The van der Waals surface area contributed by atoms with Crippen molar-refractivity contribution in [2.75, 3.05) is 0 Å². The molecule has 0 saturated carbocycles. The first kappa shape index (κ1) is 18.4. The Labute approximate surface area is 147 Å². The second-order valence-electron chi connectivity index (χ2n) is 5.81. The number of carbonyl (C=O) groups is 1. The molecular formula is C16H13Cl2F2NO3. The van der Waals surface area contributed by atoms with Gasteiger partial charge in [-0.15, -0.1) is 0 Å². The van der Waals surface area contributed by atoms with Crippen LogP contribution in [0, 0.1) is 11.8 Å². The van der Waals surface area contributed by atoms with Crippen LogP contribution in [0.15, 0.2) is 24.4 Å². The lowest BCUT2D eigenvalue weighted by Gasteiger charge is -2.20. The molecule has 8 heteroatoms. The van der Waals surface area contributed by atoms with E-state index < -0.39 is 23.3 Å². The number of esters is 1. The van der Waals surface area contributed by atoms with E-state index in [-0.39, 0.29) is 27.1 Å². The minimum absolute atomic E-state index is 0.0299. The van der Waals surface area contributed by atoms with E-state index in [9.17, 15) is 13.6 Å². The second kappa shape index (κ2) is 6.91. The lowest BCUT2D eigenvalue weighted by atomic mass is 10.1.